The van der Waals surface area contributed by atoms with E-state index in [9.17, 15) is 20.1 Å². The lowest BCUT2D eigenvalue weighted by atomic mass is 9.99. The van der Waals surface area contributed by atoms with Gasteiger partial charge in [0.05, 0.1) is 13.2 Å². The van der Waals surface area contributed by atoms with Gasteiger partial charge in [-0.25, -0.2) is 4.79 Å². The number of ether oxygens (including phenoxy) is 3. The van der Waals surface area contributed by atoms with Crippen molar-refractivity contribution in [2.75, 3.05) is 25.1 Å². The Hall–Kier alpha value is -1.95. The van der Waals surface area contributed by atoms with E-state index >= 15 is 0 Å². The molecule has 5 atom stereocenters. The first-order valence-corrected chi connectivity index (χ1v) is 7.57. The van der Waals surface area contributed by atoms with Crippen LogP contribution in [0, 0.1) is 0 Å². The maximum Gasteiger partial charge on any atom is 0.411 e. The quantitative estimate of drug-likeness (QED) is 0.270. The van der Waals surface area contributed by atoms with Gasteiger partial charge >= 0.3 is 6.09 Å². The predicted octanol–water partition coefficient (Wildman–Crippen LogP) is -1.24. The molecule has 6 N–H and O–H groups in total. The molecule has 1 amide bonds. The molecule has 0 aromatic heterocycles. The number of carbonyl (C=O) groups is 1. The van der Waals surface area contributed by atoms with Crippen LogP contribution in [0.2, 0.25) is 0 Å². The van der Waals surface area contributed by atoms with E-state index in [4.69, 9.17) is 24.4 Å². The van der Waals surface area contributed by atoms with Crippen LogP contribution in [0.15, 0.2) is 24.3 Å². The van der Waals surface area contributed by atoms with Crippen LogP contribution < -0.4 is 5.32 Å². The van der Waals surface area contributed by atoms with Gasteiger partial charge in [0.25, 0.3) is 0 Å². The molecule has 3 unspecified atom stereocenters. The number of phenolic OH excluding ortho intramolecular Hbond substituents is 1. The SMILES string of the molecule is O=C(Nc1ccc(O)cc1)OCCOC1OC(CO)[C@@H](O)C(O)[C@H]1O. The summed E-state index contributed by atoms with van der Waals surface area (Å²) in [4.78, 5) is 11.6. The summed E-state index contributed by atoms with van der Waals surface area (Å²) >= 11 is 0. The second-order valence-electron chi connectivity index (χ2n) is 5.38. The number of phenols is 1. The monoisotopic (exact) mass is 359 g/mol. The van der Waals surface area contributed by atoms with Crippen molar-refractivity contribution in [2.45, 2.75) is 30.7 Å². The summed E-state index contributed by atoms with van der Waals surface area (Å²) in [6, 6.07) is 5.78. The standard InChI is InChI=1S/C15H21NO9/c17-7-10-11(19)12(20)13(21)14(25-10)23-5-6-24-15(22)16-8-1-3-9(18)4-2-8/h1-4,10-14,17-21H,5-7H2,(H,16,22)/t10?,11-,12?,13-,14?/m1/s1. The van der Waals surface area contributed by atoms with E-state index in [1.165, 1.54) is 24.3 Å². The smallest absolute Gasteiger partial charge is 0.411 e. The van der Waals surface area contributed by atoms with Crippen LogP contribution in [0.5, 0.6) is 5.75 Å². The molecule has 1 aliphatic rings. The summed E-state index contributed by atoms with van der Waals surface area (Å²) in [5, 5.41) is 49.6. The van der Waals surface area contributed by atoms with Crippen molar-refractivity contribution >= 4 is 11.8 Å². The zero-order valence-electron chi connectivity index (χ0n) is 13.2. The number of hydrogen-bond donors (Lipinski definition) is 6. The lowest BCUT2D eigenvalue weighted by Crippen LogP contribution is -2.59. The molecule has 0 aliphatic carbocycles. The molecule has 1 fully saturated rings. The molecule has 140 valence electrons. The average molecular weight is 359 g/mol. The van der Waals surface area contributed by atoms with Crippen molar-refractivity contribution < 1.29 is 44.5 Å². The van der Waals surface area contributed by atoms with Gasteiger partial charge in [-0.2, -0.15) is 0 Å². The third-order valence-corrected chi connectivity index (χ3v) is 3.56. The highest BCUT2D eigenvalue weighted by molar-refractivity contribution is 5.84. The molecule has 0 bridgehead atoms. The van der Waals surface area contributed by atoms with Gasteiger partial charge < -0.3 is 39.7 Å². The summed E-state index contributed by atoms with van der Waals surface area (Å²) in [7, 11) is 0. The lowest BCUT2D eigenvalue weighted by molar-refractivity contribution is -0.301. The summed E-state index contributed by atoms with van der Waals surface area (Å²) in [5.41, 5.74) is 0.428. The Morgan fingerprint density at radius 3 is 2.40 bits per heavy atom. The Labute approximate surface area is 143 Å². The summed E-state index contributed by atoms with van der Waals surface area (Å²) in [5.74, 6) is 0.0619. The second-order valence-corrected chi connectivity index (χ2v) is 5.38. The number of aliphatic hydroxyl groups is 4. The van der Waals surface area contributed by atoms with E-state index < -0.39 is 43.4 Å². The largest absolute Gasteiger partial charge is 0.508 e. The number of carbonyl (C=O) groups excluding carboxylic acids is 1. The highest BCUT2D eigenvalue weighted by Gasteiger charge is 2.43. The Balaban J connectivity index is 1.71. The molecule has 10 heteroatoms. The highest BCUT2D eigenvalue weighted by Crippen LogP contribution is 2.21. The third-order valence-electron chi connectivity index (χ3n) is 3.56. The van der Waals surface area contributed by atoms with Gasteiger partial charge in [-0.3, -0.25) is 5.32 Å². The Kier molecular flexibility index (Phi) is 6.93. The molecule has 10 nitrogen and oxygen atoms in total. The van der Waals surface area contributed by atoms with E-state index in [0.717, 1.165) is 0 Å². The van der Waals surface area contributed by atoms with E-state index in [0.29, 0.717) is 5.69 Å². The van der Waals surface area contributed by atoms with Crippen molar-refractivity contribution in [1.29, 1.82) is 0 Å². The first kappa shape index (κ1) is 19.4. The Bertz CT molecular complexity index is 550. The van der Waals surface area contributed by atoms with Gasteiger partial charge in [0.1, 0.15) is 36.8 Å². The van der Waals surface area contributed by atoms with Crippen molar-refractivity contribution in [3.63, 3.8) is 0 Å². The topological polar surface area (TPSA) is 158 Å². The van der Waals surface area contributed by atoms with Crippen LogP contribution in [0.25, 0.3) is 0 Å². The number of aliphatic hydroxyl groups excluding tert-OH is 4. The number of hydrogen-bond acceptors (Lipinski definition) is 9. The highest BCUT2D eigenvalue weighted by atomic mass is 16.7. The molecule has 1 aromatic rings. The number of amides is 1. The molecule has 1 aliphatic heterocycles. The molecule has 0 spiro atoms. The second kappa shape index (κ2) is 8.94. The van der Waals surface area contributed by atoms with Gasteiger partial charge in [0.15, 0.2) is 6.29 Å². The van der Waals surface area contributed by atoms with Crippen LogP contribution in [0.3, 0.4) is 0 Å². The molecule has 0 radical (unpaired) electrons. The van der Waals surface area contributed by atoms with E-state index in [-0.39, 0.29) is 19.0 Å². The summed E-state index contributed by atoms with van der Waals surface area (Å²) in [6.45, 7) is -0.874. The summed E-state index contributed by atoms with van der Waals surface area (Å²) < 4.78 is 15.2. The maximum absolute atomic E-state index is 11.6. The first-order chi connectivity index (χ1) is 11.9. The van der Waals surface area contributed by atoms with Crippen molar-refractivity contribution in [3.05, 3.63) is 24.3 Å². The summed E-state index contributed by atoms with van der Waals surface area (Å²) in [6.07, 6.45) is -7.60. The van der Waals surface area contributed by atoms with E-state index in [2.05, 4.69) is 5.32 Å². The molecule has 0 saturated carbocycles. The Morgan fingerprint density at radius 2 is 1.76 bits per heavy atom. The fourth-order valence-corrected chi connectivity index (χ4v) is 2.20. The fraction of sp³-hybridized carbons (Fsp3) is 0.533. The minimum absolute atomic E-state index is 0.0619. The minimum Gasteiger partial charge on any atom is -0.508 e. The van der Waals surface area contributed by atoms with Crippen molar-refractivity contribution in [2.24, 2.45) is 0 Å². The van der Waals surface area contributed by atoms with Crippen LogP contribution in [0.4, 0.5) is 10.5 Å². The van der Waals surface area contributed by atoms with Crippen molar-refractivity contribution in [1.82, 2.24) is 0 Å². The Morgan fingerprint density at radius 1 is 1.08 bits per heavy atom. The minimum atomic E-state index is -1.53. The maximum atomic E-state index is 11.6. The number of benzene rings is 1. The number of nitrogens with one attached hydrogen (secondary N) is 1. The molecule has 1 heterocycles. The normalized spacial score (nSPS) is 29.2. The first-order valence-electron chi connectivity index (χ1n) is 7.57. The van der Waals surface area contributed by atoms with Crippen LogP contribution in [-0.2, 0) is 14.2 Å². The number of anilines is 1. The molecular weight excluding hydrogens is 338 g/mol. The predicted molar refractivity (Wildman–Crippen MR) is 82.8 cm³/mol. The fourth-order valence-electron chi connectivity index (χ4n) is 2.20. The zero-order valence-corrected chi connectivity index (χ0v) is 13.2. The van der Waals surface area contributed by atoms with Gasteiger partial charge in [0.2, 0.25) is 0 Å². The number of aromatic hydroxyl groups is 1. The average Bonchev–Trinajstić information content (AvgIpc) is 2.60. The third kappa shape index (κ3) is 5.26. The zero-order chi connectivity index (χ0) is 18.4. The van der Waals surface area contributed by atoms with Crippen LogP contribution in [0.1, 0.15) is 0 Å². The molecule has 2 rings (SSSR count). The molecule has 1 saturated heterocycles. The molecular formula is C15H21NO9. The number of rotatable bonds is 6. The lowest BCUT2D eigenvalue weighted by Gasteiger charge is -2.39. The van der Waals surface area contributed by atoms with Crippen LogP contribution >= 0.6 is 0 Å². The van der Waals surface area contributed by atoms with Gasteiger partial charge in [-0.15, -0.1) is 0 Å². The van der Waals surface area contributed by atoms with E-state index in [1.807, 2.05) is 0 Å². The van der Waals surface area contributed by atoms with Crippen molar-refractivity contribution in [3.8, 4) is 5.75 Å². The van der Waals surface area contributed by atoms with Gasteiger partial charge in [-0.05, 0) is 24.3 Å². The van der Waals surface area contributed by atoms with Gasteiger partial charge in [0, 0.05) is 5.69 Å². The molecule has 25 heavy (non-hydrogen) atoms. The van der Waals surface area contributed by atoms with E-state index in [1.54, 1.807) is 0 Å². The van der Waals surface area contributed by atoms with Crippen LogP contribution in [-0.4, -0.2) is 82.2 Å². The van der Waals surface area contributed by atoms with Gasteiger partial charge in [-0.1, -0.05) is 0 Å². The molecule has 1 aromatic carbocycles.